The van der Waals surface area contributed by atoms with E-state index in [1.807, 2.05) is 38.1 Å². The molecule has 0 spiro atoms. The van der Waals surface area contributed by atoms with Gasteiger partial charge in [-0.15, -0.1) is 0 Å². The molecule has 0 radical (unpaired) electrons. The van der Waals surface area contributed by atoms with E-state index in [-0.39, 0.29) is 17.6 Å². The van der Waals surface area contributed by atoms with Crippen LogP contribution in [-0.2, 0) is 4.79 Å². The lowest BCUT2D eigenvalue weighted by Crippen LogP contribution is -2.42. The van der Waals surface area contributed by atoms with Gasteiger partial charge in [-0.2, -0.15) is 0 Å². The van der Waals surface area contributed by atoms with Crippen molar-refractivity contribution in [3.8, 4) is 0 Å². The van der Waals surface area contributed by atoms with E-state index in [1.54, 1.807) is 0 Å². The van der Waals surface area contributed by atoms with Gasteiger partial charge in [-0.3, -0.25) is 20.4 Å². The zero-order valence-electron chi connectivity index (χ0n) is 11.4. The second-order valence-corrected chi connectivity index (χ2v) is 5.32. The average molecular weight is 272 g/mol. The quantitative estimate of drug-likeness (QED) is 0.823. The lowest BCUT2D eigenvalue weighted by molar-refractivity contribution is -0.123. The van der Waals surface area contributed by atoms with Crippen LogP contribution in [0, 0.1) is 18.8 Å². The molecule has 1 aliphatic rings. The van der Waals surface area contributed by atoms with Crippen molar-refractivity contribution in [2.45, 2.75) is 20.3 Å². The van der Waals surface area contributed by atoms with Crippen molar-refractivity contribution >= 4 is 22.8 Å². The van der Waals surface area contributed by atoms with Crippen molar-refractivity contribution in [2.24, 2.45) is 11.8 Å². The van der Waals surface area contributed by atoms with E-state index in [0.717, 1.165) is 17.4 Å². The first-order valence-corrected chi connectivity index (χ1v) is 6.66. The molecule has 3 rings (SSSR count). The van der Waals surface area contributed by atoms with Crippen molar-refractivity contribution < 1.29 is 14.0 Å². The molecule has 104 valence electrons. The van der Waals surface area contributed by atoms with Crippen LogP contribution in [0.1, 0.15) is 29.5 Å². The summed E-state index contributed by atoms with van der Waals surface area (Å²) in [4.78, 5) is 23.7. The maximum Gasteiger partial charge on any atom is 0.305 e. The number of nitrogens with one attached hydrogen (secondary N) is 2. The van der Waals surface area contributed by atoms with Crippen LogP contribution in [0.25, 0.3) is 11.0 Å². The number of hydrazine groups is 1. The summed E-state index contributed by atoms with van der Waals surface area (Å²) in [6, 6.07) is 7.45. The molecule has 2 atom stereocenters. The van der Waals surface area contributed by atoms with Gasteiger partial charge < -0.3 is 4.42 Å². The van der Waals surface area contributed by atoms with E-state index in [9.17, 15) is 9.59 Å². The number of para-hydroxylation sites is 1. The number of aryl methyl sites for hydroxylation is 1. The maximum atomic E-state index is 12.0. The topological polar surface area (TPSA) is 71.3 Å². The third-order valence-corrected chi connectivity index (χ3v) is 3.80. The molecule has 0 saturated heterocycles. The van der Waals surface area contributed by atoms with E-state index < -0.39 is 5.91 Å². The van der Waals surface area contributed by atoms with Crippen LogP contribution in [0.5, 0.6) is 0 Å². The van der Waals surface area contributed by atoms with Gasteiger partial charge in [0.1, 0.15) is 5.58 Å². The fourth-order valence-electron chi connectivity index (χ4n) is 2.35. The van der Waals surface area contributed by atoms with Gasteiger partial charge >= 0.3 is 5.91 Å². The van der Waals surface area contributed by atoms with Gasteiger partial charge in [-0.1, -0.05) is 25.1 Å². The van der Waals surface area contributed by atoms with Crippen LogP contribution in [0.3, 0.4) is 0 Å². The van der Waals surface area contributed by atoms with Crippen LogP contribution in [0.15, 0.2) is 28.7 Å². The van der Waals surface area contributed by atoms with Crippen LogP contribution < -0.4 is 10.9 Å². The zero-order valence-corrected chi connectivity index (χ0v) is 11.4. The van der Waals surface area contributed by atoms with Crippen molar-refractivity contribution in [1.29, 1.82) is 0 Å². The largest absolute Gasteiger partial charge is 0.451 e. The summed E-state index contributed by atoms with van der Waals surface area (Å²) in [5.41, 5.74) is 6.29. The fraction of sp³-hybridized carbons (Fsp3) is 0.333. The molecule has 1 fully saturated rings. The highest BCUT2D eigenvalue weighted by atomic mass is 16.3. The molecule has 1 heterocycles. The van der Waals surface area contributed by atoms with Gasteiger partial charge in [0.15, 0.2) is 5.76 Å². The van der Waals surface area contributed by atoms with Crippen LogP contribution in [0.4, 0.5) is 0 Å². The number of hydrogen-bond donors (Lipinski definition) is 2. The van der Waals surface area contributed by atoms with Gasteiger partial charge in [-0.05, 0) is 25.3 Å². The summed E-state index contributed by atoms with van der Waals surface area (Å²) < 4.78 is 5.53. The Morgan fingerprint density at radius 3 is 2.60 bits per heavy atom. The molecular formula is C15H16N2O3. The minimum atomic E-state index is -0.430. The maximum absolute atomic E-state index is 12.0. The lowest BCUT2D eigenvalue weighted by atomic mass is 10.1. The van der Waals surface area contributed by atoms with Crippen molar-refractivity contribution in [3.63, 3.8) is 0 Å². The molecule has 0 aliphatic heterocycles. The van der Waals surface area contributed by atoms with Gasteiger partial charge in [0.05, 0.1) is 0 Å². The first-order valence-electron chi connectivity index (χ1n) is 6.66. The monoisotopic (exact) mass is 272 g/mol. The number of fused-ring (bicyclic) bond motifs is 1. The Hall–Kier alpha value is -2.30. The molecule has 2 amide bonds. The average Bonchev–Trinajstić information content (AvgIpc) is 3.09. The second kappa shape index (κ2) is 4.67. The number of rotatable bonds is 2. The Bertz CT molecular complexity index is 689. The molecule has 2 N–H and O–H groups in total. The number of benzene rings is 1. The van der Waals surface area contributed by atoms with Crippen molar-refractivity contribution in [2.75, 3.05) is 0 Å². The number of hydrogen-bond acceptors (Lipinski definition) is 3. The third kappa shape index (κ3) is 2.15. The first kappa shape index (κ1) is 12.7. The number of furan rings is 1. The Labute approximate surface area is 116 Å². The standard InChI is InChI=1S/C15H16N2O3/c1-8-7-11(8)14(18)16-17-15(19)13-9(2)10-5-3-4-6-12(10)20-13/h3-6,8,11H,7H2,1-2H3,(H,16,18)(H,17,19)/t8-,11+/m1/s1. The van der Waals surface area contributed by atoms with Crippen LogP contribution in [0.2, 0.25) is 0 Å². The normalized spacial score (nSPS) is 20.7. The summed E-state index contributed by atoms with van der Waals surface area (Å²) in [6.07, 6.45) is 0.880. The van der Waals surface area contributed by atoms with Gasteiger partial charge in [0.2, 0.25) is 5.91 Å². The highest BCUT2D eigenvalue weighted by Gasteiger charge is 2.39. The summed E-state index contributed by atoms with van der Waals surface area (Å²) in [7, 11) is 0. The van der Waals surface area contributed by atoms with Crippen molar-refractivity contribution in [3.05, 3.63) is 35.6 Å². The summed E-state index contributed by atoms with van der Waals surface area (Å²) in [5, 5.41) is 0.903. The molecule has 5 heteroatoms. The molecule has 5 nitrogen and oxygen atoms in total. The number of amides is 2. The fourth-order valence-corrected chi connectivity index (χ4v) is 2.35. The van der Waals surface area contributed by atoms with E-state index >= 15 is 0 Å². The van der Waals surface area contributed by atoms with Gasteiger partial charge in [0.25, 0.3) is 0 Å². The SMILES string of the molecule is Cc1c(C(=O)NNC(=O)[C@H]2C[C@H]2C)oc2ccccc12. The summed E-state index contributed by atoms with van der Waals surface area (Å²) in [6.45, 7) is 3.83. The first-order chi connectivity index (χ1) is 9.58. The van der Waals surface area contributed by atoms with Crippen LogP contribution in [-0.4, -0.2) is 11.8 Å². The Morgan fingerprint density at radius 1 is 1.25 bits per heavy atom. The van der Waals surface area contributed by atoms with Crippen LogP contribution >= 0.6 is 0 Å². The Morgan fingerprint density at radius 2 is 1.95 bits per heavy atom. The third-order valence-electron chi connectivity index (χ3n) is 3.80. The highest BCUT2D eigenvalue weighted by molar-refractivity contribution is 5.99. The Kier molecular flexibility index (Phi) is 2.97. The highest BCUT2D eigenvalue weighted by Crippen LogP contribution is 2.37. The van der Waals surface area contributed by atoms with E-state index in [0.29, 0.717) is 11.5 Å². The smallest absolute Gasteiger partial charge is 0.305 e. The lowest BCUT2D eigenvalue weighted by Gasteiger charge is -2.05. The second-order valence-electron chi connectivity index (χ2n) is 5.32. The molecule has 1 aromatic heterocycles. The number of carbonyl (C=O) groups excluding carboxylic acids is 2. The molecule has 1 aliphatic carbocycles. The van der Waals surface area contributed by atoms with Crippen molar-refractivity contribution in [1.82, 2.24) is 10.9 Å². The van der Waals surface area contributed by atoms with E-state index in [4.69, 9.17) is 4.42 Å². The van der Waals surface area contributed by atoms with E-state index in [1.165, 1.54) is 0 Å². The minimum Gasteiger partial charge on any atom is -0.451 e. The molecule has 2 aromatic rings. The molecular weight excluding hydrogens is 256 g/mol. The molecule has 1 saturated carbocycles. The minimum absolute atomic E-state index is 0.0204. The molecule has 0 bridgehead atoms. The molecule has 1 aromatic carbocycles. The summed E-state index contributed by atoms with van der Waals surface area (Å²) in [5.74, 6) is 0.0854. The predicted molar refractivity (Wildman–Crippen MR) is 73.8 cm³/mol. The van der Waals surface area contributed by atoms with E-state index in [2.05, 4.69) is 10.9 Å². The Balaban J connectivity index is 1.72. The predicted octanol–water partition coefficient (Wildman–Crippen LogP) is 2.16. The number of carbonyl (C=O) groups is 2. The molecule has 0 unspecified atom stereocenters. The molecule has 20 heavy (non-hydrogen) atoms. The summed E-state index contributed by atoms with van der Waals surface area (Å²) >= 11 is 0. The van der Waals surface area contributed by atoms with Gasteiger partial charge in [-0.25, -0.2) is 0 Å². The van der Waals surface area contributed by atoms with Gasteiger partial charge in [0, 0.05) is 16.9 Å². The zero-order chi connectivity index (χ0) is 14.3.